The topological polar surface area (TPSA) is 9.86 Å². The van der Waals surface area contributed by atoms with Crippen molar-refractivity contribution in [3.8, 4) is 44.8 Å². The molecule has 1 spiro atoms. The maximum absolute atomic E-state index is 2.64. The summed E-state index contributed by atoms with van der Waals surface area (Å²) in [6, 6.07) is 83.4. The Morgan fingerprint density at radius 3 is 1.56 bits per heavy atom. The molecular weight excluding hydrogens is 869 g/mol. The molecule has 0 radical (unpaired) electrons. The summed E-state index contributed by atoms with van der Waals surface area (Å²) in [5.41, 5.74) is 18.7. The molecule has 0 aliphatic heterocycles. The molecule has 4 saturated carbocycles. The molecule has 0 unspecified atom stereocenters. The SMILES string of the molecule is c1ccc2c(c1)-c1ccc(-c3ccc4ccc5ccc(-n6c7ccccc7c7ccc(-c8ccc9c%10ccccc%10n(-c%10cccc%11ccccc%10%11)c9c8)cc76)cc5c4c3)cc1C21C2CC3CC(C2)CC1C3. The molecule has 0 N–H and O–H groups in total. The van der Waals surface area contributed by atoms with Gasteiger partial charge >= 0.3 is 0 Å². The van der Waals surface area contributed by atoms with Crippen molar-refractivity contribution in [1.29, 1.82) is 0 Å². The average Bonchev–Trinajstić information content (AvgIpc) is 4.05. The first-order valence-corrected chi connectivity index (χ1v) is 26.4. The number of fused-ring (bicyclic) bond motifs is 13. The molecule has 0 atom stereocenters. The second-order valence-corrected chi connectivity index (χ2v) is 22.1. The normalized spacial score (nSPS) is 20.8. The van der Waals surface area contributed by atoms with Gasteiger partial charge in [0.15, 0.2) is 0 Å². The lowest BCUT2D eigenvalue weighted by atomic mass is 9.43. The van der Waals surface area contributed by atoms with Crippen molar-refractivity contribution in [3.63, 3.8) is 0 Å². The van der Waals surface area contributed by atoms with E-state index in [1.165, 1.54) is 153 Å². The molecule has 72 heavy (non-hydrogen) atoms. The highest BCUT2D eigenvalue weighted by Gasteiger charge is 2.61. The highest BCUT2D eigenvalue weighted by Crippen LogP contribution is 2.69. The van der Waals surface area contributed by atoms with E-state index in [9.17, 15) is 0 Å². The van der Waals surface area contributed by atoms with Crippen molar-refractivity contribution in [2.24, 2.45) is 23.7 Å². The van der Waals surface area contributed by atoms with Crippen LogP contribution in [0.1, 0.15) is 43.2 Å². The Bertz CT molecular complexity index is 4450. The first-order valence-electron chi connectivity index (χ1n) is 26.4. The van der Waals surface area contributed by atoms with E-state index < -0.39 is 0 Å². The van der Waals surface area contributed by atoms with Crippen LogP contribution >= 0.6 is 0 Å². The number of hydrogen-bond acceptors (Lipinski definition) is 0. The van der Waals surface area contributed by atoms with Gasteiger partial charge in [-0.25, -0.2) is 0 Å². The van der Waals surface area contributed by atoms with Gasteiger partial charge in [0.05, 0.1) is 27.8 Å². The average molecular weight is 919 g/mol. The first kappa shape index (κ1) is 39.5. The number of benzene rings is 11. The maximum atomic E-state index is 2.64. The Labute approximate surface area is 418 Å². The van der Waals surface area contributed by atoms with Crippen LogP contribution in [-0.2, 0) is 5.41 Å². The molecule has 4 fully saturated rings. The second-order valence-electron chi connectivity index (χ2n) is 22.1. The van der Waals surface area contributed by atoms with Gasteiger partial charge in [-0.1, -0.05) is 164 Å². The minimum absolute atomic E-state index is 0.153. The molecule has 11 aromatic carbocycles. The van der Waals surface area contributed by atoms with Crippen LogP contribution in [0.15, 0.2) is 218 Å². The van der Waals surface area contributed by atoms with Crippen molar-refractivity contribution in [2.75, 3.05) is 0 Å². The standard InChI is InChI=1S/C70H50N2/c1-2-12-54-44(10-1)11-9-19-65(54)72-67-18-8-5-15-58(67)60-31-27-50(40-69(60)72)49-26-30-59-57-14-4-7-17-66(57)71(68(59)39-49)53-28-24-46-21-20-45-22-23-47(37-61(45)62(46)41-53)48-25-29-56-55-13-3-6-16-63(55)70(64(56)38-48)51-33-42-32-43(35-51)36-52(70)34-42/h1-31,37-43,51-52H,32-36H2. The second kappa shape index (κ2) is 14.5. The molecule has 2 aromatic heterocycles. The van der Waals surface area contributed by atoms with Crippen molar-refractivity contribution in [2.45, 2.75) is 37.5 Å². The van der Waals surface area contributed by atoms with Crippen LogP contribution in [0.3, 0.4) is 0 Å². The van der Waals surface area contributed by atoms with E-state index in [0.29, 0.717) is 0 Å². The minimum atomic E-state index is 0.153. The van der Waals surface area contributed by atoms with Crippen molar-refractivity contribution >= 4 is 75.9 Å². The molecule has 2 heteroatoms. The van der Waals surface area contributed by atoms with E-state index in [1.807, 2.05) is 0 Å². The van der Waals surface area contributed by atoms with Gasteiger partial charge in [-0.3, -0.25) is 0 Å². The summed E-state index contributed by atoms with van der Waals surface area (Å²) in [5.74, 6) is 3.36. The Morgan fingerprint density at radius 1 is 0.306 bits per heavy atom. The molecule has 2 heterocycles. The van der Waals surface area contributed by atoms with Crippen LogP contribution in [0.2, 0.25) is 0 Å². The fourth-order valence-corrected chi connectivity index (χ4v) is 15.9. The first-order chi connectivity index (χ1) is 35.6. The number of hydrogen-bond donors (Lipinski definition) is 0. The van der Waals surface area contributed by atoms with Gasteiger partial charge in [-0.15, -0.1) is 0 Å². The van der Waals surface area contributed by atoms with Crippen LogP contribution in [0.5, 0.6) is 0 Å². The van der Waals surface area contributed by atoms with Gasteiger partial charge in [0, 0.05) is 38.0 Å². The molecule has 4 bridgehead atoms. The molecule has 0 amide bonds. The molecule has 13 aromatic rings. The van der Waals surface area contributed by atoms with Gasteiger partial charge in [0.2, 0.25) is 0 Å². The summed E-state index contributed by atoms with van der Waals surface area (Å²) in [6.45, 7) is 0. The maximum Gasteiger partial charge on any atom is 0.0547 e. The summed E-state index contributed by atoms with van der Waals surface area (Å²) >= 11 is 0. The number of nitrogens with zero attached hydrogens (tertiary/aromatic N) is 2. The Balaban J connectivity index is 0.817. The smallest absolute Gasteiger partial charge is 0.0547 e. The third kappa shape index (κ3) is 5.29. The number of para-hydroxylation sites is 2. The Kier molecular flexibility index (Phi) is 7.93. The van der Waals surface area contributed by atoms with E-state index in [2.05, 4.69) is 228 Å². The quantitative estimate of drug-likeness (QED) is 0.156. The van der Waals surface area contributed by atoms with Crippen LogP contribution in [0, 0.1) is 23.7 Å². The van der Waals surface area contributed by atoms with E-state index in [4.69, 9.17) is 0 Å². The summed E-state index contributed by atoms with van der Waals surface area (Å²) in [6.07, 6.45) is 7.07. The summed E-state index contributed by atoms with van der Waals surface area (Å²) in [5, 5.41) is 12.7. The zero-order chi connectivity index (χ0) is 46.8. The van der Waals surface area contributed by atoms with Gasteiger partial charge in [0.1, 0.15) is 0 Å². The fourth-order valence-electron chi connectivity index (χ4n) is 15.9. The predicted molar refractivity (Wildman–Crippen MR) is 302 cm³/mol. The van der Waals surface area contributed by atoms with Crippen LogP contribution < -0.4 is 0 Å². The van der Waals surface area contributed by atoms with Gasteiger partial charge < -0.3 is 9.13 Å². The number of aromatic nitrogens is 2. The molecule has 5 aliphatic carbocycles. The Morgan fingerprint density at radius 2 is 0.806 bits per heavy atom. The van der Waals surface area contributed by atoms with Crippen molar-refractivity contribution in [3.05, 3.63) is 230 Å². The lowest BCUT2D eigenvalue weighted by Gasteiger charge is -2.61. The molecule has 18 rings (SSSR count). The molecule has 2 nitrogen and oxygen atoms in total. The molecule has 5 aliphatic rings. The van der Waals surface area contributed by atoms with Gasteiger partial charge in [-0.2, -0.15) is 0 Å². The van der Waals surface area contributed by atoms with Crippen LogP contribution in [0.4, 0.5) is 0 Å². The molecule has 340 valence electrons. The summed E-state index contributed by atoms with van der Waals surface area (Å²) in [7, 11) is 0. The van der Waals surface area contributed by atoms with Gasteiger partial charge in [0.25, 0.3) is 0 Å². The van der Waals surface area contributed by atoms with E-state index in [-0.39, 0.29) is 5.41 Å². The zero-order valence-corrected chi connectivity index (χ0v) is 40.0. The van der Waals surface area contributed by atoms with E-state index in [0.717, 1.165) is 23.7 Å². The van der Waals surface area contributed by atoms with Crippen LogP contribution in [-0.4, -0.2) is 9.13 Å². The highest BCUT2D eigenvalue weighted by atomic mass is 15.0. The van der Waals surface area contributed by atoms with Crippen molar-refractivity contribution < 1.29 is 0 Å². The lowest BCUT2D eigenvalue weighted by Crippen LogP contribution is -2.55. The third-order valence-electron chi connectivity index (χ3n) is 18.7. The number of rotatable bonds is 4. The largest absolute Gasteiger partial charge is 0.309 e. The Hall–Kier alpha value is -8.20. The third-order valence-corrected chi connectivity index (χ3v) is 18.7. The molecular formula is C70H50N2. The highest BCUT2D eigenvalue weighted by molar-refractivity contribution is 6.14. The zero-order valence-electron chi connectivity index (χ0n) is 40.0. The van der Waals surface area contributed by atoms with E-state index in [1.54, 1.807) is 11.1 Å². The predicted octanol–water partition coefficient (Wildman–Crippen LogP) is 18.4. The van der Waals surface area contributed by atoms with Gasteiger partial charge in [-0.05, 0) is 182 Å². The van der Waals surface area contributed by atoms with Crippen LogP contribution in [0.25, 0.3) is 121 Å². The van der Waals surface area contributed by atoms with E-state index >= 15 is 0 Å². The lowest BCUT2D eigenvalue weighted by molar-refractivity contribution is -0.0399. The monoisotopic (exact) mass is 918 g/mol. The molecule has 0 saturated heterocycles. The summed E-state index contributed by atoms with van der Waals surface area (Å²) < 4.78 is 4.98. The van der Waals surface area contributed by atoms with Crippen molar-refractivity contribution in [1.82, 2.24) is 9.13 Å². The summed E-state index contributed by atoms with van der Waals surface area (Å²) in [4.78, 5) is 0. The minimum Gasteiger partial charge on any atom is -0.309 e. The fraction of sp³-hybridized carbons (Fsp3) is 0.143.